The van der Waals surface area contributed by atoms with Crippen molar-refractivity contribution in [1.29, 1.82) is 0 Å². The van der Waals surface area contributed by atoms with Crippen LogP contribution in [-0.2, 0) is 6.42 Å². The van der Waals surface area contributed by atoms with E-state index in [2.05, 4.69) is 37.6 Å². The molecule has 0 atom stereocenters. The summed E-state index contributed by atoms with van der Waals surface area (Å²) in [5, 5.41) is 15.1. The Morgan fingerprint density at radius 1 is 1.21 bits per heavy atom. The molecule has 0 aromatic carbocycles. The minimum atomic E-state index is -0.177. The molecule has 1 N–H and O–H groups in total. The van der Waals surface area contributed by atoms with Gasteiger partial charge >= 0.3 is 0 Å². The zero-order valence-electron chi connectivity index (χ0n) is 16.4. The van der Waals surface area contributed by atoms with E-state index in [1.165, 1.54) is 0 Å². The van der Waals surface area contributed by atoms with Crippen molar-refractivity contribution in [2.24, 2.45) is 5.92 Å². The molecule has 0 saturated heterocycles. The van der Waals surface area contributed by atoms with Gasteiger partial charge in [0.25, 0.3) is 11.8 Å². The first-order valence-electron chi connectivity index (χ1n) is 10.1. The van der Waals surface area contributed by atoms with Crippen molar-refractivity contribution < 1.29 is 13.7 Å². The van der Waals surface area contributed by atoms with Crippen LogP contribution in [0.2, 0.25) is 0 Å². The second-order valence-electron chi connectivity index (χ2n) is 7.39. The summed E-state index contributed by atoms with van der Waals surface area (Å²) in [6, 6.07) is 1.72. The molecule has 9 heteroatoms. The van der Waals surface area contributed by atoms with Crippen LogP contribution in [0, 0.1) is 5.92 Å². The van der Waals surface area contributed by atoms with Gasteiger partial charge in [0.1, 0.15) is 11.5 Å². The maximum Gasteiger partial charge on any atom is 0.273 e. The van der Waals surface area contributed by atoms with Crippen LogP contribution in [0.1, 0.15) is 67.1 Å². The molecule has 0 radical (unpaired) electrons. The molecule has 1 fully saturated rings. The standard InChI is InChI=1S/C20H24N6O3/c1-2-3-15-10-16(26-29-15)18(27)23-11-13-4-6-14(7-5-13)19-24-25-20(28-19)17-12-21-8-9-22-17/h8-10,12-14H,2-7,11H2,1H3,(H,23,27). The molecule has 4 rings (SSSR count). The molecule has 3 aromatic heterocycles. The average molecular weight is 396 g/mol. The first-order valence-corrected chi connectivity index (χ1v) is 10.1. The molecular weight excluding hydrogens is 372 g/mol. The van der Waals surface area contributed by atoms with Crippen LogP contribution in [0.5, 0.6) is 0 Å². The van der Waals surface area contributed by atoms with Crippen LogP contribution >= 0.6 is 0 Å². The van der Waals surface area contributed by atoms with Crippen LogP contribution < -0.4 is 5.32 Å². The second-order valence-corrected chi connectivity index (χ2v) is 7.39. The number of hydrogen-bond donors (Lipinski definition) is 1. The van der Waals surface area contributed by atoms with Crippen LogP contribution in [0.3, 0.4) is 0 Å². The highest BCUT2D eigenvalue weighted by molar-refractivity contribution is 5.92. The molecule has 3 aromatic rings. The lowest BCUT2D eigenvalue weighted by Gasteiger charge is -2.26. The zero-order chi connectivity index (χ0) is 20.1. The molecule has 1 amide bonds. The third-order valence-corrected chi connectivity index (χ3v) is 5.26. The van der Waals surface area contributed by atoms with Gasteiger partial charge in [0.05, 0.1) is 6.20 Å². The topological polar surface area (TPSA) is 120 Å². The minimum Gasteiger partial charge on any atom is -0.419 e. The molecule has 1 saturated carbocycles. The summed E-state index contributed by atoms with van der Waals surface area (Å²) in [5.74, 6) is 2.30. The Labute approximate surface area is 168 Å². The summed E-state index contributed by atoms with van der Waals surface area (Å²) < 4.78 is 11.0. The highest BCUT2D eigenvalue weighted by Crippen LogP contribution is 2.35. The Balaban J connectivity index is 1.25. The fraction of sp³-hybridized carbons (Fsp3) is 0.500. The van der Waals surface area contributed by atoms with Gasteiger partial charge in [0, 0.05) is 37.3 Å². The van der Waals surface area contributed by atoms with Crippen molar-refractivity contribution in [3.8, 4) is 11.6 Å². The Morgan fingerprint density at radius 3 is 2.83 bits per heavy atom. The fourth-order valence-electron chi connectivity index (χ4n) is 3.64. The predicted octanol–water partition coefficient (Wildman–Crippen LogP) is 3.17. The van der Waals surface area contributed by atoms with Crippen molar-refractivity contribution >= 4 is 5.91 Å². The third-order valence-electron chi connectivity index (χ3n) is 5.26. The normalized spacial score (nSPS) is 19.2. The van der Waals surface area contributed by atoms with Crippen molar-refractivity contribution in [2.45, 2.75) is 51.4 Å². The van der Waals surface area contributed by atoms with Gasteiger partial charge in [-0.05, 0) is 38.0 Å². The van der Waals surface area contributed by atoms with Crippen LogP contribution in [0.25, 0.3) is 11.6 Å². The largest absolute Gasteiger partial charge is 0.419 e. The number of rotatable bonds is 7. The van der Waals surface area contributed by atoms with E-state index in [4.69, 9.17) is 8.94 Å². The SMILES string of the molecule is CCCc1cc(C(=O)NCC2CCC(c3nnc(-c4cnccn4)o3)CC2)no1. The molecule has 3 heterocycles. The predicted molar refractivity (Wildman–Crippen MR) is 103 cm³/mol. The van der Waals surface area contributed by atoms with E-state index in [9.17, 15) is 4.79 Å². The Morgan fingerprint density at radius 2 is 2.07 bits per heavy atom. The van der Waals surface area contributed by atoms with Gasteiger partial charge in [-0.25, -0.2) is 4.98 Å². The highest BCUT2D eigenvalue weighted by atomic mass is 16.5. The summed E-state index contributed by atoms with van der Waals surface area (Å²) in [6.07, 6.45) is 10.5. The van der Waals surface area contributed by atoms with Gasteiger partial charge in [0.15, 0.2) is 5.69 Å². The molecule has 0 spiro atoms. The molecule has 1 aliphatic rings. The van der Waals surface area contributed by atoms with Crippen molar-refractivity contribution in [1.82, 2.24) is 30.6 Å². The van der Waals surface area contributed by atoms with Gasteiger partial charge < -0.3 is 14.3 Å². The molecule has 0 unspecified atom stereocenters. The second kappa shape index (κ2) is 8.93. The lowest BCUT2D eigenvalue weighted by molar-refractivity contribution is 0.0933. The first kappa shape index (κ1) is 19.2. The van der Waals surface area contributed by atoms with E-state index < -0.39 is 0 Å². The van der Waals surface area contributed by atoms with E-state index >= 15 is 0 Å². The molecule has 29 heavy (non-hydrogen) atoms. The van der Waals surface area contributed by atoms with Crippen LogP contribution in [0.4, 0.5) is 0 Å². The quantitative estimate of drug-likeness (QED) is 0.646. The molecular formula is C20H24N6O3. The molecule has 0 aliphatic heterocycles. The fourth-order valence-corrected chi connectivity index (χ4v) is 3.64. The first-order chi connectivity index (χ1) is 14.2. The van der Waals surface area contributed by atoms with E-state index in [1.807, 2.05) is 0 Å². The Hall–Kier alpha value is -3.10. The van der Waals surface area contributed by atoms with Crippen molar-refractivity contribution in [3.05, 3.63) is 42.0 Å². The number of carbonyl (C=O) groups excluding carboxylic acids is 1. The maximum atomic E-state index is 12.3. The van der Waals surface area contributed by atoms with Crippen LogP contribution in [0.15, 0.2) is 33.6 Å². The minimum absolute atomic E-state index is 0.177. The number of hydrogen-bond acceptors (Lipinski definition) is 8. The van der Waals surface area contributed by atoms with Gasteiger partial charge in [-0.2, -0.15) is 0 Å². The van der Waals surface area contributed by atoms with Gasteiger partial charge in [0.2, 0.25) is 5.89 Å². The van der Waals surface area contributed by atoms with E-state index in [0.29, 0.717) is 35.6 Å². The van der Waals surface area contributed by atoms with E-state index in [-0.39, 0.29) is 11.8 Å². The zero-order valence-corrected chi connectivity index (χ0v) is 16.4. The lowest BCUT2D eigenvalue weighted by atomic mass is 9.82. The number of aromatic nitrogens is 5. The maximum absolute atomic E-state index is 12.3. The van der Waals surface area contributed by atoms with Gasteiger partial charge in [-0.15, -0.1) is 10.2 Å². The lowest BCUT2D eigenvalue weighted by Crippen LogP contribution is -2.31. The molecule has 1 aliphatic carbocycles. The summed E-state index contributed by atoms with van der Waals surface area (Å²) >= 11 is 0. The Bertz CT molecular complexity index is 931. The van der Waals surface area contributed by atoms with E-state index in [1.54, 1.807) is 24.7 Å². The number of carbonyl (C=O) groups is 1. The smallest absolute Gasteiger partial charge is 0.273 e. The monoisotopic (exact) mass is 396 g/mol. The number of nitrogens with zero attached hydrogens (tertiary/aromatic N) is 5. The highest BCUT2D eigenvalue weighted by Gasteiger charge is 2.27. The van der Waals surface area contributed by atoms with Gasteiger partial charge in [-0.1, -0.05) is 12.1 Å². The number of nitrogens with one attached hydrogen (secondary N) is 1. The number of aryl methyl sites for hydroxylation is 1. The molecule has 0 bridgehead atoms. The van der Waals surface area contributed by atoms with Gasteiger partial charge in [-0.3, -0.25) is 9.78 Å². The Kier molecular flexibility index (Phi) is 5.92. The number of amides is 1. The van der Waals surface area contributed by atoms with Crippen LogP contribution in [-0.4, -0.2) is 37.8 Å². The third kappa shape index (κ3) is 4.67. The van der Waals surface area contributed by atoms with Crippen molar-refractivity contribution in [3.63, 3.8) is 0 Å². The summed E-state index contributed by atoms with van der Waals surface area (Å²) in [5.41, 5.74) is 0.933. The molecule has 152 valence electrons. The average Bonchev–Trinajstić information content (AvgIpc) is 3.44. The summed E-state index contributed by atoms with van der Waals surface area (Å²) in [4.78, 5) is 20.5. The molecule has 9 nitrogen and oxygen atoms in total. The summed E-state index contributed by atoms with van der Waals surface area (Å²) in [7, 11) is 0. The van der Waals surface area contributed by atoms with Crippen molar-refractivity contribution in [2.75, 3.05) is 6.54 Å². The van der Waals surface area contributed by atoms with E-state index in [0.717, 1.165) is 44.3 Å². The summed E-state index contributed by atoms with van der Waals surface area (Å²) in [6.45, 7) is 2.69.